The highest BCUT2D eigenvalue weighted by molar-refractivity contribution is 7.13. The molecule has 0 bridgehead atoms. The third-order valence-corrected chi connectivity index (χ3v) is 4.43. The summed E-state index contributed by atoms with van der Waals surface area (Å²) in [4.78, 5) is 18.2. The van der Waals surface area contributed by atoms with Crippen LogP contribution < -0.4 is 4.74 Å². The Morgan fingerprint density at radius 1 is 1.45 bits per heavy atom. The third-order valence-electron chi connectivity index (χ3n) is 3.33. The van der Waals surface area contributed by atoms with Crippen molar-refractivity contribution in [2.45, 2.75) is 32.3 Å². The maximum Gasteiger partial charge on any atom is 0.409 e. The topological polar surface area (TPSA) is 71.9 Å². The Hall–Kier alpha value is -1.34. The molecule has 0 spiro atoms. The number of carbonyl (C=O) groups excluding carboxylic acids is 1. The van der Waals surface area contributed by atoms with Gasteiger partial charge in [-0.15, -0.1) is 0 Å². The first-order valence-corrected chi connectivity index (χ1v) is 7.64. The summed E-state index contributed by atoms with van der Waals surface area (Å²) < 4.78 is 10.3. The summed E-state index contributed by atoms with van der Waals surface area (Å²) in [7, 11) is 0. The highest BCUT2D eigenvalue weighted by atomic mass is 32.1. The first-order valence-electron chi connectivity index (χ1n) is 6.82. The molecule has 0 aliphatic carbocycles. The fourth-order valence-corrected chi connectivity index (χ4v) is 3.15. The standard InChI is InChI=1S/C13H20N2O4S/c1-3-18-11-14-9-10(20-11)13(17)5-7-15(8-6-13)12(16)19-4-2/h9,17H,3-8H2,1-2H3. The van der Waals surface area contributed by atoms with Crippen molar-refractivity contribution in [1.29, 1.82) is 0 Å². The van der Waals surface area contributed by atoms with Crippen molar-refractivity contribution in [3.63, 3.8) is 0 Å². The summed E-state index contributed by atoms with van der Waals surface area (Å²) in [5, 5.41) is 11.3. The number of likely N-dealkylation sites (tertiary alicyclic amines) is 1. The van der Waals surface area contributed by atoms with Crippen molar-refractivity contribution in [3.8, 4) is 5.19 Å². The zero-order valence-electron chi connectivity index (χ0n) is 11.8. The molecule has 1 aromatic heterocycles. The maximum absolute atomic E-state index is 11.6. The van der Waals surface area contributed by atoms with Crippen LogP contribution in [-0.2, 0) is 10.3 Å². The lowest BCUT2D eigenvalue weighted by molar-refractivity contribution is -0.0217. The van der Waals surface area contributed by atoms with E-state index in [1.54, 1.807) is 18.0 Å². The zero-order chi connectivity index (χ0) is 14.6. The van der Waals surface area contributed by atoms with Gasteiger partial charge in [0.2, 0.25) is 0 Å². The molecule has 1 aliphatic heterocycles. The van der Waals surface area contributed by atoms with Crippen LogP contribution in [0.1, 0.15) is 31.6 Å². The Bertz CT molecular complexity index is 455. The Labute approximate surface area is 122 Å². The lowest BCUT2D eigenvalue weighted by Crippen LogP contribution is -2.45. The van der Waals surface area contributed by atoms with Crippen molar-refractivity contribution in [2.75, 3.05) is 26.3 Å². The Morgan fingerprint density at radius 3 is 2.75 bits per heavy atom. The maximum atomic E-state index is 11.6. The van der Waals surface area contributed by atoms with Gasteiger partial charge in [-0.3, -0.25) is 0 Å². The molecule has 1 saturated heterocycles. The molecule has 0 radical (unpaired) electrons. The SMILES string of the molecule is CCOC(=O)N1CCC(O)(c2cnc(OCC)s2)CC1. The van der Waals surface area contributed by atoms with Crippen molar-refractivity contribution >= 4 is 17.4 Å². The molecule has 0 saturated carbocycles. The molecule has 6 nitrogen and oxygen atoms in total. The Morgan fingerprint density at radius 2 is 2.15 bits per heavy atom. The van der Waals surface area contributed by atoms with Gasteiger partial charge in [-0.1, -0.05) is 11.3 Å². The van der Waals surface area contributed by atoms with E-state index in [-0.39, 0.29) is 6.09 Å². The average Bonchev–Trinajstić information content (AvgIpc) is 2.90. The molecular formula is C13H20N2O4S. The van der Waals surface area contributed by atoms with E-state index in [2.05, 4.69) is 4.98 Å². The number of aromatic nitrogens is 1. The lowest BCUT2D eigenvalue weighted by Gasteiger charge is -2.36. The predicted molar refractivity (Wildman–Crippen MR) is 75.0 cm³/mol. The molecule has 1 N–H and O–H groups in total. The minimum Gasteiger partial charge on any atom is -0.470 e. The van der Waals surface area contributed by atoms with Crippen LogP contribution in [0, 0.1) is 0 Å². The molecule has 2 rings (SSSR count). The third kappa shape index (κ3) is 3.21. The van der Waals surface area contributed by atoms with Crippen molar-refractivity contribution < 1.29 is 19.4 Å². The summed E-state index contributed by atoms with van der Waals surface area (Å²) in [5.74, 6) is 0. The number of hydrogen-bond acceptors (Lipinski definition) is 6. The molecule has 1 amide bonds. The zero-order valence-corrected chi connectivity index (χ0v) is 12.6. The second-order valence-corrected chi connectivity index (χ2v) is 5.63. The van der Waals surface area contributed by atoms with Crippen LogP contribution in [-0.4, -0.2) is 47.4 Å². The molecular weight excluding hydrogens is 280 g/mol. The van der Waals surface area contributed by atoms with E-state index >= 15 is 0 Å². The molecule has 7 heteroatoms. The van der Waals surface area contributed by atoms with E-state index in [1.165, 1.54) is 11.3 Å². The molecule has 2 heterocycles. The van der Waals surface area contributed by atoms with Crippen LogP contribution >= 0.6 is 11.3 Å². The molecule has 0 unspecified atom stereocenters. The number of piperidine rings is 1. The fourth-order valence-electron chi connectivity index (χ4n) is 2.18. The monoisotopic (exact) mass is 300 g/mol. The smallest absolute Gasteiger partial charge is 0.409 e. The summed E-state index contributed by atoms with van der Waals surface area (Å²) in [5.41, 5.74) is -0.921. The van der Waals surface area contributed by atoms with Gasteiger partial charge in [-0.2, -0.15) is 0 Å². The van der Waals surface area contributed by atoms with Crippen LogP contribution in [0.15, 0.2) is 6.20 Å². The number of thiazole rings is 1. The van der Waals surface area contributed by atoms with E-state index in [9.17, 15) is 9.90 Å². The minimum atomic E-state index is -0.921. The highest BCUT2D eigenvalue weighted by Gasteiger charge is 2.37. The van der Waals surface area contributed by atoms with E-state index in [4.69, 9.17) is 9.47 Å². The van der Waals surface area contributed by atoms with Crippen LogP contribution in [0.4, 0.5) is 4.79 Å². The van der Waals surface area contributed by atoms with E-state index in [0.29, 0.717) is 44.3 Å². The van der Waals surface area contributed by atoms with E-state index in [0.717, 1.165) is 4.88 Å². The van der Waals surface area contributed by atoms with Crippen LogP contribution in [0.2, 0.25) is 0 Å². The van der Waals surface area contributed by atoms with Gasteiger partial charge < -0.3 is 19.5 Å². The van der Waals surface area contributed by atoms with Crippen molar-refractivity contribution in [3.05, 3.63) is 11.1 Å². The summed E-state index contributed by atoms with van der Waals surface area (Å²) in [6.07, 6.45) is 2.32. The highest BCUT2D eigenvalue weighted by Crippen LogP contribution is 2.38. The quantitative estimate of drug-likeness (QED) is 0.920. The number of amides is 1. The van der Waals surface area contributed by atoms with Crippen LogP contribution in [0.3, 0.4) is 0 Å². The van der Waals surface area contributed by atoms with Gasteiger partial charge >= 0.3 is 6.09 Å². The molecule has 112 valence electrons. The molecule has 20 heavy (non-hydrogen) atoms. The Kier molecular flexibility index (Phi) is 4.82. The average molecular weight is 300 g/mol. The van der Waals surface area contributed by atoms with Crippen molar-refractivity contribution in [1.82, 2.24) is 9.88 Å². The van der Waals surface area contributed by atoms with Gasteiger partial charge in [0.25, 0.3) is 5.19 Å². The molecule has 0 aromatic carbocycles. The molecule has 0 atom stereocenters. The fraction of sp³-hybridized carbons (Fsp3) is 0.692. The largest absolute Gasteiger partial charge is 0.470 e. The second kappa shape index (κ2) is 6.41. The molecule has 1 aliphatic rings. The van der Waals surface area contributed by atoms with Gasteiger partial charge in [0, 0.05) is 19.3 Å². The summed E-state index contributed by atoms with van der Waals surface area (Å²) in [6.45, 7) is 5.57. The second-order valence-electron chi connectivity index (χ2n) is 4.64. The number of ether oxygens (including phenoxy) is 2. The van der Waals surface area contributed by atoms with E-state index < -0.39 is 5.60 Å². The first-order chi connectivity index (χ1) is 9.59. The number of hydrogen-bond donors (Lipinski definition) is 1. The Balaban J connectivity index is 1.98. The van der Waals surface area contributed by atoms with Crippen LogP contribution in [0.5, 0.6) is 5.19 Å². The van der Waals surface area contributed by atoms with Gasteiger partial charge in [-0.05, 0) is 26.7 Å². The van der Waals surface area contributed by atoms with Crippen molar-refractivity contribution in [2.24, 2.45) is 0 Å². The molecule has 1 fully saturated rings. The van der Waals surface area contributed by atoms with E-state index in [1.807, 2.05) is 6.92 Å². The number of carbonyl (C=O) groups is 1. The minimum absolute atomic E-state index is 0.311. The van der Waals surface area contributed by atoms with Gasteiger partial charge in [0.05, 0.1) is 18.1 Å². The van der Waals surface area contributed by atoms with Gasteiger partial charge in [0.15, 0.2) is 0 Å². The molecule has 1 aromatic rings. The number of nitrogens with zero attached hydrogens (tertiary/aromatic N) is 2. The predicted octanol–water partition coefficient (Wildman–Crippen LogP) is 1.98. The first kappa shape index (κ1) is 15.1. The normalized spacial score (nSPS) is 17.9. The van der Waals surface area contributed by atoms with Gasteiger partial charge in [-0.25, -0.2) is 9.78 Å². The summed E-state index contributed by atoms with van der Waals surface area (Å²) >= 11 is 1.36. The number of aliphatic hydroxyl groups is 1. The van der Waals surface area contributed by atoms with Crippen LogP contribution in [0.25, 0.3) is 0 Å². The number of rotatable bonds is 4. The van der Waals surface area contributed by atoms with Gasteiger partial charge in [0.1, 0.15) is 5.60 Å². The summed E-state index contributed by atoms with van der Waals surface area (Å²) in [6, 6.07) is 0. The lowest BCUT2D eigenvalue weighted by atomic mass is 9.90.